The van der Waals surface area contributed by atoms with Crippen molar-refractivity contribution < 1.29 is 19.1 Å². The number of nitrogens with two attached hydrogens (primary N) is 1. The molecular formula is C14H11FN2O3. The number of carboxylic acids is 1. The van der Waals surface area contributed by atoms with Crippen LogP contribution in [0.4, 0.5) is 15.8 Å². The fraction of sp³-hybridized carbons (Fsp3) is 0. The van der Waals surface area contributed by atoms with Gasteiger partial charge in [-0.1, -0.05) is 0 Å². The van der Waals surface area contributed by atoms with Gasteiger partial charge >= 0.3 is 5.97 Å². The van der Waals surface area contributed by atoms with Crippen LogP contribution in [0.1, 0.15) is 20.7 Å². The van der Waals surface area contributed by atoms with Gasteiger partial charge < -0.3 is 16.2 Å². The van der Waals surface area contributed by atoms with Crippen LogP contribution in [0.5, 0.6) is 0 Å². The van der Waals surface area contributed by atoms with Gasteiger partial charge in [-0.05, 0) is 42.5 Å². The van der Waals surface area contributed by atoms with E-state index >= 15 is 0 Å². The molecule has 20 heavy (non-hydrogen) atoms. The maximum Gasteiger partial charge on any atom is 0.335 e. The van der Waals surface area contributed by atoms with Gasteiger partial charge in [0.1, 0.15) is 5.82 Å². The van der Waals surface area contributed by atoms with Crippen molar-refractivity contribution in [3.8, 4) is 0 Å². The lowest BCUT2D eigenvalue weighted by molar-refractivity contribution is 0.0696. The topological polar surface area (TPSA) is 92.4 Å². The van der Waals surface area contributed by atoms with E-state index in [0.29, 0.717) is 11.3 Å². The van der Waals surface area contributed by atoms with Gasteiger partial charge in [0, 0.05) is 11.3 Å². The van der Waals surface area contributed by atoms with Gasteiger partial charge in [-0.3, -0.25) is 4.79 Å². The third-order valence-corrected chi connectivity index (χ3v) is 2.63. The molecule has 5 nitrogen and oxygen atoms in total. The number of hydrogen-bond acceptors (Lipinski definition) is 3. The highest BCUT2D eigenvalue weighted by Crippen LogP contribution is 2.17. The maximum absolute atomic E-state index is 13.5. The predicted molar refractivity (Wildman–Crippen MR) is 72.2 cm³/mol. The Morgan fingerprint density at radius 1 is 1.05 bits per heavy atom. The van der Waals surface area contributed by atoms with Crippen molar-refractivity contribution in [2.45, 2.75) is 0 Å². The van der Waals surface area contributed by atoms with Crippen molar-refractivity contribution in [1.29, 1.82) is 0 Å². The predicted octanol–water partition coefficient (Wildman–Crippen LogP) is 2.36. The fourth-order valence-electron chi connectivity index (χ4n) is 1.58. The quantitative estimate of drug-likeness (QED) is 0.749. The zero-order valence-corrected chi connectivity index (χ0v) is 10.3. The van der Waals surface area contributed by atoms with Gasteiger partial charge in [0.2, 0.25) is 0 Å². The zero-order valence-electron chi connectivity index (χ0n) is 10.3. The van der Waals surface area contributed by atoms with Crippen LogP contribution in [-0.2, 0) is 0 Å². The Hall–Kier alpha value is -2.89. The van der Waals surface area contributed by atoms with E-state index in [1.54, 1.807) is 12.1 Å². The van der Waals surface area contributed by atoms with E-state index in [2.05, 4.69) is 5.32 Å². The van der Waals surface area contributed by atoms with Crippen LogP contribution in [0, 0.1) is 5.82 Å². The summed E-state index contributed by atoms with van der Waals surface area (Å²) in [6.45, 7) is 0. The molecule has 2 aromatic carbocycles. The van der Waals surface area contributed by atoms with Gasteiger partial charge in [0.05, 0.1) is 11.3 Å². The summed E-state index contributed by atoms with van der Waals surface area (Å²) in [6.07, 6.45) is 0. The summed E-state index contributed by atoms with van der Waals surface area (Å²) in [7, 11) is 0. The van der Waals surface area contributed by atoms with E-state index < -0.39 is 17.7 Å². The number of aromatic carboxylic acids is 1. The summed E-state index contributed by atoms with van der Waals surface area (Å²) in [6, 6.07) is 9.23. The molecule has 0 atom stereocenters. The van der Waals surface area contributed by atoms with Crippen LogP contribution in [0.3, 0.4) is 0 Å². The van der Waals surface area contributed by atoms with E-state index in [-0.39, 0.29) is 11.3 Å². The van der Waals surface area contributed by atoms with Gasteiger partial charge in [-0.15, -0.1) is 0 Å². The molecule has 0 heterocycles. The molecule has 0 radical (unpaired) electrons. The highest BCUT2D eigenvalue weighted by molar-refractivity contribution is 6.05. The first-order chi connectivity index (χ1) is 9.47. The second-order valence-corrected chi connectivity index (χ2v) is 4.08. The lowest BCUT2D eigenvalue weighted by Crippen LogP contribution is -2.13. The minimum Gasteiger partial charge on any atom is -0.478 e. The van der Waals surface area contributed by atoms with Gasteiger partial charge in [0.25, 0.3) is 5.91 Å². The molecule has 4 N–H and O–H groups in total. The van der Waals surface area contributed by atoms with Crippen molar-refractivity contribution in [2.75, 3.05) is 11.1 Å². The smallest absolute Gasteiger partial charge is 0.335 e. The fourth-order valence-corrected chi connectivity index (χ4v) is 1.58. The van der Waals surface area contributed by atoms with Gasteiger partial charge in [-0.2, -0.15) is 0 Å². The first kappa shape index (κ1) is 13.5. The average molecular weight is 274 g/mol. The molecule has 0 bridgehead atoms. The molecule has 2 rings (SSSR count). The highest BCUT2D eigenvalue weighted by atomic mass is 19.1. The number of benzene rings is 2. The number of anilines is 2. The number of carbonyl (C=O) groups is 2. The van der Waals surface area contributed by atoms with E-state index in [4.69, 9.17) is 10.8 Å². The lowest BCUT2D eigenvalue weighted by atomic mass is 10.1. The molecule has 0 spiro atoms. The molecule has 2 aromatic rings. The minimum atomic E-state index is -1.20. The van der Waals surface area contributed by atoms with E-state index in [0.717, 1.165) is 18.2 Å². The summed E-state index contributed by atoms with van der Waals surface area (Å²) < 4.78 is 13.5. The number of carboxylic acid groups (broad SMARTS) is 1. The molecule has 0 saturated heterocycles. The van der Waals surface area contributed by atoms with E-state index in [9.17, 15) is 14.0 Å². The number of rotatable bonds is 3. The first-order valence-electron chi connectivity index (χ1n) is 5.67. The molecule has 1 amide bonds. The van der Waals surface area contributed by atoms with Crippen LogP contribution < -0.4 is 11.1 Å². The summed E-state index contributed by atoms with van der Waals surface area (Å²) in [5.74, 6) is -2.46. The molecule has 0 saturated carbocycles. The van der Waals surface area contributed by atoms with Crippen molar-refractivity contribution in [3.05, 3.63) is 59.4 Å². The number of amides is 1. The molecule has 0 aliphatic carbocycles. The Morgan fingerprint density at radius 3 is 2.25 bits per heavy atom. The third-order valence-electron chi connectivity index (χ3n) is 2.63. The Bertz CT molecular complexity index is 669. The van der Waals surface area contributed by atoms with Crippen LogP contribution in [0.25, 0.3) is 0 Å². The monoisotopic (exact) mass is 274 g/mol. The Kier molecular flexibility index (Phi) is 3.65. The molecular weight excluding hydrogens is 263 g/mol. The van der Waals surface area contributed by atoms with Crippen LogP contribution in [0.15, 0.2) is 42.5 Å². The molecule has 0 aromatic heterocycles. The molecule has 0 aliphatic heterocycles. The second-order valence-electron chi connectivity index (χ2n) is 4.08. The van der Waals surface area contributed by atoms with Crippen LogP contribution in [-0.4, -0.2) is 17.0 Å². The molecule has 0 fully saturated rings. The molecule has 0 aliphatic rings. The Balaban J connectivity index is 2.25. The van der Waals surface area contributed by atoms with Crippen LogP contribution in [0.2, 0.25) is 0 Å². The normalized spacial score (nSPS) is 10.1. The summed E-state index contributed by atoms with van der Waals surface area (Å²) in [5, 5.41) is 11.2. The van der Waals surface area contributed by atoms with Crippen molar-refractivity contribution in [3.63, 3.8) is 0 Å². The Labute approximate surface area is 113 Å². The van der Waals surface area contributed by atoms with E-state index in [1.165, 1.54) is 12.1 Å². The van der Waals surface area contributed by atoms with Gasteiger partial charge in [-0.25, -0.2) is 9.18 Å². The van der Waals surface area contributed by atoms with Crippen molar-refractivity contribution in [1.82, 2.24) is 0 Å². The standard InChI is InChI=1S/C14H11FN2O3/c15-11-6-3-9(14(19)20)7-12(11)17-13(18)8-1-4-10(16)5-2-8/h1-7H,16H2,(H,17,18)(H,19,20). The van der Waals surface area contributed by atoms with Gasteiger partial charge in [0.15, 0.2) is 0 Å². The largest absolute Gasteiger partial charge is 0.478 e. The third kappa shape index (κ3) is 2.92. The zero-order chi connectivity index (χ0) is 14.7. The number of nitrogens with one attached hydrogen (secondary N) is 1. The number of nitrogen functional groups attached to an aromatic ring is 1. The molecule has 102 valence electrons. The highest BCUT2D eigenvalue weighted by Gasteiger charge is 2.12. The second kappa shape index (κ2) is 5.40. The number of hydrogen-bond donors (Lipinski definition) is 3. The van der Waals surface area contributed by atoms with Crippen molar-refractivity contribution in [2.24, 2.45) is 0 Å². The Morgan fingerprint density at radius 2 is 1.65 bits per heavy atom. The lowest BCUT2D eigenvalue weighted by Gasteiger charge is -2.07. The average Bonchev–Trinajstić information content (AvgIpc) is 2.41. The summed E-state index contributed by atoms with van der Waals surface area (Å²) in [5.41, 5.74) is 5.99. The summed E-state index contributed by atoms with van der Waals surface area (Å²) in [4.78, 5) is 22.7. The maximum atomic E-state index is 13.5. The molecule has 6 heteroatoms. The van der Waals surface area contributed by atoms with Crippen molar-refractivity contribution >= 4 is 23.3 Å². The SMILES string of the molecule is Nc1ccc(C(=O)Nc2cc(C(=O)O)ccc2F)cc1. The van der Waals surface area contributed by atoms with Crippen LogP contribution >= 0.6 is 0 Å². The molecule has 0 unspecified atom stereocenters. The number of halogens is 1. The van der Waals surface area contributed by atoms with E-state index in [1.807, 2.05) is 0 Å². The first-order valence-corrected chi connectivity index (χ1v) is 5.67. The number of carbonyl (C=O) groups excluding carboxylic acids is 1. The summed E-state index contributed by atoms with van der Waals surface area (Å²) >= 11 is 0. The minimum absolute atomic E-state index is 0.112.